The number of carbonyl (C=O) groups is 2. The molecular weight excluding hydrogens is 319 g/mol. The van der Waals surface area contributed by atoms with Crippen LogP contribution >= 0.6 is 27.5 Å². The highest BCUT2D eigenvalue weighted by molar-refractivity contribution is 9.10. The fraction of sp³-hybridized carbons (Fsp3) is 0.385. The first-order valence-electron chi connectivity index (χ1n) is 5.57. The van der Waals surface area contributed by atoms with Gasteiger partial charge in [0.2, 0.25) is 0 Å². The van der Waals surface area contributed by atoms with Crippen molar-refractivity contribution in [1.29, 1.82) is 0 Å². The summed E-state index contributed by atoms with van der Waals surface area (Å²) >= 11 is 8.84. The van der Waals surface area contributed by atoms with Gasteiger partial charge in [0, 0.05) is 10.9 Å². The quantitative estimate of drug-likeness (QED) is 0.594. The molecular formula is C13H14BrClO3. The molecule has 0 heterocycles. The first-order valence-corrected chi connectivity index (χ1v) is 6.90. The smallest absolute Gasteiger partial charge is 0.310 e. The van der Waals surface area contributed by atoms with Crippen LogP contribution in [0, 0.1) is 0 Å². The van der Waals surface area contributed by atoms with Gasteiger partial charge >= 0.3 is 5.97 Å². The van der Waals surface area contributed by atoms with E-state index in [-0.39, 0.29) is 30.5 Å². The molecule has 0 radical (unpaired) electrons. The summed E-state index contributed by atoms with van der Waals surface area (Å²) in [6.45, 7) is 2.11. The Labute approximate surface area is 120 Å². The lowest BCUT2D eigenvalue weighted by Crippen LogP contribution is -2.12. The lowest BCUT2D eigenvalue weighted by atomic mass is 10.0. The Morgan fingerprint density at radius 2 is 2.00 bits per heavy atom. The van der Waals surface area contributed by atoms with Crippen molar-refractivity contribution >= 4 is 39.3 Å². The summed E-state index contributed by atoms with van der Waals surface area (Å²) in [4.78, 5) is 22.9. The van der Waals surface area contributed by atoms with E-state index in [1.54, 1.807) is 6.92 Å². The van der Waals surface area contributed by atoms with Gasteiger partial charge in [-0.2, -0.15) is 0 Å². The standard InChI is InChI=1S/C13H14BrClO3/c1-2-18-13(17)7-9-3-4-11(14)5-10(9)6-12(16)8-15/h3-5H,2,6-8H2,1H3. The molecule has 0 saturated heterocycles. The van der Waals surface area contributed by atoms with E-state index in [2.05, 4.69) is 15.9 Å². The normalized spacial score (nSPS) is 10.2. The SMILES string of the molecule is CCOC(=O)Cc1ccc(Br)cc1CC(=O)CCl. The molecule has 98 valence electrons. The Morgan fingerprint density at radius 3 is 2.61 bits per heavy atom. The molecule has 1 rings (SSSR count). The van der Waals surface area contributed by atoms with Crippen molar-refractivity contribution in [2.24, 2.45) is 0 Å². The Hall–Kier alpha value is -0.870. The second kappa shape index (κ2) is 7.54. The van der Waals surface area contributed by atoms with Crippen molar-refractivity contribution in [3.8, 4) is 0 Å². The number of hydrogen-bond acceptors (Lipinski definition) is 3. The van der Waals surface area contributed by atoms with Crippen molar-refractivity contribution in [3.63, 3.8) is 0 Å². The van der Waals surface area contributed by atoms with Crippen molar-refractivity contribution in [2.75, 3.05) is 12.5 Å². The van der Waals surface area contributed by atoms with Crippen LogP contribution in [0.25, 0.3) is 0 Å². The fourth-order valence-electron chi connectivity index (χ4n) is 1.56. The molecule has 0 unspecified atom stereocenters. The van der Waals surface area contributed by atoms with E-state index >= 15 is 0 Å². The van der Waals surface area contributed by atoms with Gasteiger partial charge in [-0.3, -0.25) is 9.59 Å². The largest absolute Gasteiger partial charge is 0.466 e. The molecule has 0 amide bonds. The van der Waals surface area contributed by atoms with Gasteiger partial charge in [0.15, 0.2) is 5.78 Å². The average molecular weight is 334 g/mol. The van der Waals surface area contributed by atoms with Crippen LogP contribution in [0.15, 0.2) is 22.7 Å². The van der Waals surface area contributed by atoms with Crippen LogP contribution in [0.1, 0.15) is 18.1 Å². The van der Waals surface area contributed by atoms with Crippen LogP contribution in [0.3, 0.4) is 0 Å². The molecule has 0 atom stereocenters. The maximum absolute atomic E-state index is 11.5. The summed E-state index contributed by atoms with van der Waals surface area (Å²) in [5.41, 5.74) is 1.61. The summed E-state index contributed by atoms with van der Waals surface area (Å²) in [6, 6.07) is 5.49. The molecule has 0 aromatic heterocycles. The third kappa shape index (κ3) is 4.78. The molecule has 0 N–H and O–H groups in total. The number of rotatable bonds is 6. The van der Waals surface area contributed by atoms with Crippen LogP contribution in [0.4, 0.5) is 0 Å². The van der Waals surface area contributed by atoms with Crippen LogP contribution in [0.2, 0.25) is 0 Å². The number of benzene rings is 1. The second-order valence-corrected chi connectivity index (χ2v) is 4.93. The Kier molecular flexibility index (Phi) is 6.36. The third-order valence-electron chi connectivity index (χ3n) is 2.35. The zero-order chi connectivity index (χ0) is 13.5. The molecule has 18 heavy (non-hydrogen) atoms. The molecule has 1 aromatic rings. The highest BCUT2D eigenvalue weighted by Gasteiger charge is 2.12. The minimum atomic E-state index is -0.292. The first kappa shape index (κ1) is 15.2. The van der Waals surface area contributed by atoms with E-state index in [9.17, 15) is 9.59 Å². The number of ether oxygens (including phenoxy) is 1. The predicted molar refractivity (Wildman–Crippen MR) is 73.9 cm³/mol. The fourth-order valence-corrected chi connectivity index (χ4v) is 2.06. The molecule has 0 aliphatic heterocycles. The number of hydrogen-bond donors (Lipinski definition) is 0. The van der Waals surface area contributed by atoms with Gasteiger partial charge in [0.1, 0.15) is 0 Å². The Bertz CT molecular complexity index is 446. The summed E-state index contributed by atoms with van der Waals surface area (Å²) in [6.07, 6.45) is 0.406. The van der Waals surface area contributed by atoms with E-state index in [4.69, 9.17) is 16.3 Å². The predicted octanol–water partition coefficient (Wildman–Crippen LogP) is 2.91. The second-order valence-electron chi connectivity index (χ2n) is 3.74. The lowest BCUT2D eigenvalue weighted by Gasteiger charge is -2.09. The van der Waals surface area contributed by atoms with Crippen LogP contribution in [-0.4, -0.2) is 24.2 Å². The van der Waals surface area contributed by atoms with E-state index in [0.29, 0.717) is 6.61 Å². The highest BCUT2D eigenvalue weighted by Crippen LogP contribution is 2.18. The van der Waals surface area contributed by atoms with E-state index in [0.717, 1.165) is 15.6 Å². The molecule has 5 heteroatoms. The van der Waals surface area contributed by atoms with E-state index in [1.165, 1.54) is 0 Å². The number of alkyl halides is 1. The van der Waals surface area contributed by atoms with Crippen molar-refractivity contribution in [1.82, 2.24) is 0 Å². The number of carbonyl (C=O) groups excluding carboxylic acids is 2. The van der Waals surface area contributed by atoms with Gasteiger partial charge in [-0.1, -0.05) is 22.0 Å². The topological polar surface area (TPSA) is 43.4 Å². The molecule has 0 bridgehead atoms. The molecule has 3 nitrogen and oxygen atoms in total. The molecule has 0 saturated carbocycles. The molecule has 0 aliphatic carbocycles. The Morgan fingerprint density at radius 1 is 1.28 bits per heavy atom. The number of ketones is 1. The molecule has 0 fully saturated rings. The monoisotopic (exact) mass is 332 g/mol. The zero-order valence-electron chi connectivity index (χ0n) is 10.0. The van der Waals surface area contributed by atoms with E-state index < -0.39 is 0 Å². The molecule has 0 aliphatic rings. The maximum Gasteiger partial charge on any atom is 0.310 e. The third-order valence-corrected chi connectivity index (χ3v) is 3.14. The van der Waals surface area contributed by atoms with Gasteiger partial charge in [-0.15, -0.1) is 11.6 Å². The van der Waals surface area contributed by atoms with Crippen LogP contribution < -0.4 is 0 Å². The summed E-state index contributed by atoms with van der Waals surface area (Å²) in [7, 11) is 0. The number of halogens is 2. The van der Waals surface area contributed by atoms with Gasteiger partial charge < -0.3 is 4.74 Å². The van der Waals surface area contributed by atoms with E-state index in [1.807, 2.05) is 18.2 Å². The average Bonchev–Trinajstić information content (AvgIpc) is 2.33. The highest BCUT2D eigenvalue weighted by atomic mass is 79.9. The maximum atomic E-state index is 11.5. The lowest BCUT2D eigenvalue weighted by molar-refractivity contribution is -0.142. The van der Waals surface area contributed by atoms with Gasteiger partial charge in [-0.05, 0) is 30.2 Å². The van der Waals surface area contributed by atoms with Gasteiger partial charge in [0.25, 0.3) is 0 Å². The van der Waals surface area contributed by atoms with Crippen molar-refractivity contribution in [2.45, 2.75) is 19.8 Å². The van der Waals surface area contributed by atoms with Crippen molar-refractivity contribution < 1.29 is 14.3 Å². The summed E-state index contributed by atoms with van der Waals surface area (Å²) in [5, 5.41) is 0. The Balaban J connectivity index is 2.89. The zero-order valence-corrected chi connectivity index (χ0v) is 12.4. The van der Waals surface area contributed by atoms with Crippen LogP contribution in [0.5, 0.6) is 0 Å². The first-order chi connectivity index (χ1) is 8.56. The molecule has 1 aromatic carbocycles. The summed E-state index contributed by atoms with van der Waals surface area (Å²) in [5.74, 6) is -0.384. The van der Waals surface area contributed by atoms with Gasteiger partial charge in [0.05, 0.1) is 18.9 Å². The van der Waals surface area contributed by atoms with Crippen LogP contribution in [-0.2, 0) is 27.2 Å². The van der Waals surface area contributed by atoms with Gasteiger partial charge in [-0.25, -0.2) is 0 Å². The summed E-state index contributed by atoms with van der Waals surface area (Å²) < 4.78 is 5.77. The minimum Gasteiger partial charge on any atom is -0.466 e. The van der Waals surface area contributed by atoms with Crippen molar-refractivity contribution in [3.05, 3.63) is 33.8 Å². The minimum absolute atomic E-state index is 0.0225. The number of esters is 1. The number of Topliss-reactive ketones (excluding diaryl/α,β-unsaturated/α-hetero) is 1. The molecule has 0 spiro atoms.